The fourth-order valence-electron chi connectivity index (χ4n) is 2.66. The monoisotopic (exact) mass is 305 g/mol. The predicted molar refractivity (Wildman–Crippen MR) is 88.0 cm³/mol. The Hall–Kier alpha value is -3.21. The Morgan fingerprint density at radius 3 is 2.78 bits per heavy atom. The Morgan fingerprint density at radius 2 is 1.91 bits per heavy atom. The van der Waals surface area contributed by atoms with Crippen LogP contribution in [0.5, 0.6) is 0 Å². The van der Waals surface area contributed by atoms with Crippen LogP contribution in [-0.2, 0) is 0 Å². The van der Waals surface area contributed by atoms with Crippen molar-refractivity contribution in [2.45, 2.75) is 0 Å². The Morgan fingerprint density at radius 1 is 1.09 bits per heavy atom. The zero-order valence-corrected chi connectivity index (χ0v) is 12.0. The van der Waals surface area contributed by atoms with Crippen molar-refractivity contribution in [2.24, 2.45) is 0 Å². The number of H-pyrrole nitrogens is 1. The van der Waals surface area contributed by atoms with Crippen molar-refractivity contribution >= 4 is 33.4 Å². The Labute approximate surface area is 131 Å². The summed E-state index contributed by atoms with van der Waals surface area (Å²) < 4.78 is 13.8. The van der Waals surface area contributed by atoms with Crippen LogP contribution in [0.4, 0.5) is 10.2 Å². The number of halogens is 1. The number of hydrogen-bond donors (Lipinski definition) is 2. The normalized spacial score (nSPS) is 11.0. The van der Waals surface area contributed by atoms with E-state index in [2.05, 4.69) is 15.3 Å². The lowest BCUT2D eigenvalue weighted by atomic mass is 10.0. The lowest BCUT2D eigenvalue weighted by molar-refractivity contribution is 0.102. The molecule has 0 unspecified atom stereocenters. The van der Waals surface area contributed by atoms with E-state index in [-0.39, 0.29) is 11.7 Å². The van der Waals surface area contributed by atoms with Crippen molar-refractivity contribution in [3.8, 4) is 0 Å². The summed E-state index contributed by atoms with van der Waals surface area (Å²) in [5, 5.41) is 4.72. The number of nitrogens with one attached hydrogen (secondary N) is 2. The summed E-state index contributed by atoms with van der Waals surface area (Å²) in [6, 6.07) is 13.4. The molecule has 2 N–H and O–H groups in total. The average Bonchev–Trinajstić information content (AvgIpc) is 3.03. The van der Waals surface area contributed by atoms with Gasteiger partial charge in [-0.15, -0.1) is 0 Å². The first-order valence-electron chi connectivity index (χ1n) is 7.14. The van der Waals surface area contributed by atoms with Gasteiger partial charge in [-0.1, -0.05) is 24.3 Å². The maximum atomic E-state index is 13.8. The van der Waals surface area contributed by atoms with Crippen LogP contribution in [0.15, 0.2) is 60.9 Å². The summed E-state index contributed by atoms with van der Waals surface area (Å²) in [6.07, 6.45) is 3.47. The zero-order valence-electron chi connectivity index (χ0n) is 12.0. The molecule has 0 saturated heterocycles. The highest BCUT2D eigenvalue weighted by Gasteiger charge is 2.13. The van der Waals surface area contributed by atoms with Crippen LogP contribution >= 0.6 is 0 Å². The van der Waals surface area contributed by atoms with E-state index in [0.29, 0.717) is 22.2 Å². The maximum absolute atomic E-state index is 13.8. The molecule has 0 spiro atoms. The minimum absolute atomic E-state index is 0.316. The molecule has 0 fully saturated rings. The van der Waals surface area contributed by atoms with Crippen LogP contribution in [0, 0.1) is 5.82 Å². The van der Waals surface area contributed by atoms with E-state index in [9.17, 15) is 9.18 Å². The number of aromatic nitrogens is 2. The topological polar surface area (TPSA) is 57.8 Å². The van der Waals surface area contributed by atoms with Gasteiger partial charge in [0.1, 0.15) is 11.6 Å². The zero-order chi connectivity index (χ0) is 15.8. The summed E-state index contributed by atoms with van der Waals surface area (Å²) in [5.41, 5.74) is 1.31. The molecule has 23 heavy (non-hydrogen) atoms. The number of hydrogen-bond acceptors (Lipinski definition) is 2. The standard InChI is InChI=1S/C18H12FN3O/c19-15-6-5-14(12-3-1-2-4-13(12)15)18(23)22-17-9-11-7-8-20-16(11)10-21-17/h1-10,20H,(H,21,22,23). The molecule has 0 aliphatic rings. The van der Waals surface area contributed by atoms with Crippen molar-refractivity contribution < 1.29 is 9.18 Å². The molecule has 2 aromatic heterocycles. The van der Waals surface area contributed by atoms with Crippen LogP contribution in [-0.4, -0.2) is 15.9 Å². The fraction of sp³-hybridized carbons (Fsp3) is 0. The van der Waals surface area contributed by atoms with Crippen molar-refractivity contribution in [3.63, 3.8) is 0 Å². The Kier molecular flexibility index (Phi) is 3.05. The predicted octanol–water partition coefficient (Wildman–Crippen LogP) is 4.11. The third kappa shape index (κ3) is 2.32. The van der Waals surface area contributed by atoms with Gasteiger partial charge in [-0.05, 0) is 29.7 Å². The van der Waals surface area contributed by atoms with Crippen LogP contribution < -0.4 is 5.32 Å². The third-order valence-corrected chi connectivity index (χ3v) is 3.79. The van der Waals surface area contributed by atoms with E-state index in [1.165, 1.54) is 12.1 Å². The van der Waals surface area contributed by atoms with Crippen LogP contribution in [0.2, 0.25) is 0 Å². The van der Waals surface area contributed by atoms with Crippen molar-refractivity contribution in [3.05, 3.63) is 72.3 Å². The number of rotatable bonds is 2. The summed E-state index contributed by atoms with van der Waals surface area (Å²) in [5.74, 6) is -0.205. The van der Waals surface area contributed by atoms with Crippen molar-refractivity contribution in [1.29, 1.82) is 0 Å². The molecule has 4 aromatic rings. The minimum atomic E-state index is -0.344. The lowest BCUT2D eigenvalue weighted by Crippen LogP contribution is -2.13. The molecule has 0 radical (unpaired) electrons. The second-order valence-electron chi connectivity index (χ2n) is 5.23. The molecule has 0 aliphatic heterocycles. The molecule has 0 atom stereocenters. The van der Waals surface area contributed by atoms with Gasteiger partial charge in [0.15, 0.2) is 0 Å². The lowest BCUT2D eigenvalue weighted by Gasteiger charge is -2.08. The van der Waals surface area contributed by atoms with Gasteiger partial charge in [-0.2, -0.15) is 0 Å². The molecular weight excluding hydrogens is 293 g/mol. The number of carbonyl (C=O) groups excluding carboxylic acids is 1. The van der Waals surface area contributed by atoms with E-state index >= 15 is 0 Å². The highest BCUT2D eigenvalue weighted by molar-refractivity contribution is 6.13. The quantitative estimate of drug-likeness (QED) is 0.585. The average molecular weight is 305 g/mol. The van der Waals surface area contributed by atoms with Gasteiger partial charge >= 0.3 is 0 Å². The first-order valence-corrected chi connectivity index (χ1v) is 7.14. The van der Waals surface area contributed by atoms with E-state index in [1.54, 1.807) is 36.5 Å². The molecule has 2 heterocycles. The van der Waals surface area contributed by atoms with Crippen LogP contribution in [0.3, 0.4) is 0 Å². The van der Waals surface area contributed by atoms with Crippen LogP contribution in [0.1, 0.15) is 10.4 Å². The number of pyridine rings is 1. The number of nitrogens with zero attached hydrogens (tertiary/aromatic N) is 1. The molecule has 4 rings (SSSR count). The summed E-state index contributed by atoms with van der Waals surface area (Å²) >= 11 is 0. The smallest absolute Gasteiger partial charge is 0.257 e. The molecule has 112 valence electrons. The van der Waals surface area contributed by atoms with E-state index in [1.807, 2.05) is 12.3 Å². The first kappa shape index (κ1) is 13.5. The number of anilines is 1. The van der Waals surface area contributed by atoms with E-state index in [0.717, 1.165) is 10.9 Å². The van der Waals surface area contributed by atoms with Crippen molar-refractivity contribution in [1.82, 2.24) is 9.97 Å². The second kappa shape index (κ2) is 5.21. The van der Waals surface area contributed by atoms with Gasteiger partial charge in [0, 0.05) is 22.5 Å². The number of amides is 1. The number of fused-ring (bicyclic) bond motifs is 2. The van der Waals surface area contributed by atoms with Gasteiger partial charge in [0.05, 0.1) is 11.7 Å². The number of benzene rings is 2. The highest BCUT2D eigenvalue weighted by Crippen LogP contribution is 2.23. The fourth-order valence-corrected chi connectivity index (χ4v) is 2.66. The van der Waals surface area contributed by atoms with Gasteiger partial charge in [-0.3, -0.25) is 4.79 Å². The number of carbonyl (C=O) groups is 1. The van der Waals surface area contributed by atoms with Crippen LogP contribution in [0.25, 0.3) is 21.7 Å². The summed E-state index contributed by atoms with van der Waals surface area (Å²) in [6.45, 7) is 0. The molecule has 0 saturated carbocycles. The Bertz CT molecular complexity index is 1040. The molecule has 1 amide bonds. The van der Waals surface area contributed by atoms with Gasteiger partial charge < -0.3 is 10.3 Å². The number of aromatic amines is 1. The molecule has 2 aromatic carbocycles. The molecular formula is C18H12FN3O. The van der Waals surface area contributed by atoms with E-state index < -0.39 is 0 Å². The summed E-state index contributed by atoms with van der Waals surface area (Å²) in [7, 11) is 0. The largest absolute Gasteiger partial charge is 0.360 e. The van der Waals surface area contributed by atoms with Crippen molar-refractivity contribution in [2.75, 3.05) is 5.32 Å². The molecule has 0 bridgehead atoms. The Balaban J connectivity index is 1.73. The molecule has 0 aliphatic carbocycles. The second-order valence-corrected chi connectivity index (χ2v) is 5.23. The van der Waals surface area contributed by atoms with E-state index in [4.69, 9.17) is 0 Å². The third-order valence-electron chi connectivity index (χ3n) is 3.79. The SMILES string of the molecule is O=C(Nc1cc2cc[nH]c2cn1)c1ccc(F)c2ccccc12. The maximum Gasteiger partial charge on any atom is 0.257 e. The molecule has 4 nitrogen and oxygen atoms in total. The highest BCUT2D eigenvalue weighted by atomic mass is 19.1. The minimum Gasteiger partial charge on any atom is -0.360 e. The van der Waals surface area contributed by atoms with Gasteiger partial charge in [0.2, 0.25) is 0 Å². The van der Waals surface area contributed by atoms with Gasteiger partial charge in [0.25, 0.3) is 5.91 Å². The summed E-state index contributed by atoms with van der Waals surface area (Å²) in [4.78, 5) is 19.8. The first-order chi connectivity index (χ1) is 11.2. The molecule has 5 heteroatoms. The van der Waals surface area contributed by atoms with Gasteiger partial charge in [-0.25, -0.2) is 9.37 Å².